The lowest BCUT2D eigenvalue weighted by molar-refractivity contribution is -0.132. The van der Waals surface area contributed by atoms with Crippen LogP contribution in [0.15, 0.2) is 6.07 Å². The SMILES string of the molecule is O=C(CN1CCN(C(=O)c2c(O)c(Cl)cc(Cl)c2Cl)CC1)N1CCCCCC1. The number of halogens is 3. The summed E-state index contributed by atoms with van der Waals surface area (Å²) < 4.78 is 0. The van der Waals surface area contributed by atoms with Crippen molar-refractivity contribution in [1.29, 1.82) is 0 Å². The average molecular weight is 449 g/mol. The van der Waals surface area contributed by atoms with Crippen molar-refractivity contribution in [3.63, 3.8) is 0 Å². The molecule has 0 unspecified atom stereocenters. The standard InChI is InChI=1S/C19H24Cl3N3O3/c20-13-11-14(21)18(27)16(17(13)22)19(28)25-9-7-23(8-10-25)12-15(26)24-5-3-1-2-4-6-24/h11,27H,1-10,12H2. The number of hydrogen-bond donors (Lipinski definition) is 1. The van der Waals surface area contributed by atoms with E-state index < -0.39 is 5.91 Å². The summed E-state index contributed by atoms with van der Waals surface area (Å²) in [6.07, 6.45) is 4.52. The second-order valence-electron chi connectivity index (χ2n) is 7.24. The van der Waals surface area contributed by atoms with Crippen molar-refractivity contribution in [2.75, 3.05) is 45.8 Å². The molecule has 2 fully saturated rings. The normalized spacial score (nSPS) is 18.8. The zero-order valence-corrected chi connectivity index (χ0v) is 17.9. The number of hydrogen-bond acceptors (Lipinski definition) is 4. The summed E-state index contributed by atoms with van der Waals surface area (Å²) in [7, 11) is 0. The molecule has 2 saturated heterocycles. The number of amides is 2. The van der Waals surface area contributed by atoms with Crippen LogP contribution in [0, 0.1) is 0 Å². The highest BCUT2D eigenvalue weighted by Gasteiger charge is 2.29. The van der Waals surface area contributed by atoms with Gasteiger partial charge in [0.15, 0.2) is 0 Å². The van der Waals surface area contributed by atoms with Gasteiger partial charge in [-0.15, -0.1) is 0 Å². The number of carbonyl (C=O) groups is 2. The summed E-state index contributed by atoms with van der Waals surface area (Å²) in [6.45, 7) is 4.08. The number of carbonyl (C=O) groups excluding carboxylic acids is 2. The van der Waals surface area contributed by atoms with Crippen LogP contribution in [0.4, 0.5) is 0 Å². The Morgan fingerprint density at radius 2 is 1.46 bits per heavy atom. The van der Waals surface area contributed by atoms with Gasteiger partial charge in [0.25, 0.3) is 5.91 Å². The third kappa shape index (κ3) is 4.85. The molecule has 0 bridgehead atoms. The number of piperazine rings is 1. The fourth-order valence-electron chi connectivity index (χ4n) is 3.66. The van der Waals surface area contributed by atoms with Crippen LogP contribution in [0.25, 0.3) is 0 Å². The van der Waals surface area contributed by atoms with Crippen molar-refractivity contribution >= 4 is 46.6 Å². The van der Waals surface area contributed by atoms with E-state index in [-0.39, 0.29) is 32.3 Å². The van der Waals surface area contributed by atoms with Gasteiger partial charge in [0.1, 0.15) is 11.3 Å². The topological polar surface area (TPSA) is 64.1 Å². The summed E-state index contributed by atoms with van der Waals surface area (Å²) in [5.41, 5.74) is -0.0757. The highest BCUT2D eigenvalue weighted by atomic mass is 35.5. The summed E-state index contributed by atoms with van der Waals surface area (Å²) in [5.74, 6) is -0.616. The second-order valence-corrected chi connectivity index (χ2v) is 8.43. The zero-order valence-electron chi connectivity index (χ0n) is 15.6. The van der Waals surface area contributed by atoms with Gasteiger partial charge in [-0.1, -0.05) is 47.6 Å². The molecule has 1 aromatic carbocycles. The number of nitrogens with zero attached hydrogens (tertiary/aromatic N) is 3. The van der Waals surface area contributed by atoms with E-state index in [1.807, 2.05) is 4.90 Å². The van der Waals surface area contributed by atoms with E-state index >= 15 is 0 Å². The van der Waals surface area contributed by atoms with Gasteiger partial charge in [-0.05, 0) is 18.9 Å². The lowest BCUT2D eigenvalue weighted by Gasteiger charge is -2.35. The maximum Gasteiger partial charge on any atom is 0.259 e. The maximum atomic E-state index is 12.8. The van der Waals surface area contributed by atoms with Crippen molar-refractivity contribution in [2.45, 2.75) is 25.7 Å². The molecule has 3 rings (SSSR count). The Morgan fingerprint density at radius 1 is 0.857 bits per heavy atom. The smallest absolute Gasteiger partial charge is 0.259 e. The van der Waals surface area contributed by atoms with Crippen LogP contribution in [0.3, 0.4) is 0 Å². The Bertz CT molecular complexity index is 717. The van der Waals surface area contributed by atoms with E-state index in [0.717, 1.165) is 25.9 Å². The predicted octanol–water partition coefficient (Wildman–Crippen LogP) is 3.51. The maximum absolute atomic E-state index is 12.8. The number of phenols is 1. The number of likely N-dealkylation sites (tertiary alicyclic amines) is 1. The van der Waals surface area contributed by atoms with Gasteiger partial charge in [0.05, 0.1) is 21.6 Å². The molecule has 1 aromatic rings. The molecule has 0 aromatic heterocycles. The van der Waals surface area contributed by atoms with Gasteiger partial charge in [-0.2, -0.15) is 0 Å². The van der Waals surface area contributed by atoms with Gasteiger partial charge in [-0.3, -0.25) is 14.5 Å². The first kappa shape index (κ1) is 21.5. The van der Waals surface area contributed by atoms with Crippen LogP contribution >= 0.6 is 34.8 Å². The summed E-state index contributed by atoms with van der Waals surface area (Å²) in [6, 6.07) is 1.31. The van der Waals surface area contributed by atoms with E-state index in [9.17, 15) is 14.7 Å². The molecule has 6 nitrogen and oxygen atoms in total. The first-order chi connectivity index (χ1) is 13.4. The molecular weight excluding hydrogens is 425 g/mol. The van der Waals surface area contributed by atoms with E-state index in [4.69, 9.17) is 34.8 Å². The van der Waals surface area contributed by atoms with E-state index in [1.165, 1.54) is 18.9 Å². The van der Waals surface area contributed by atoms with E-state index in [1.54, 1.807) is 4.90 Å². The second kappa shape index (κ2) is 9.53. The number of aromatic hydroxyl groups is 1. The predicted molar refractivity (Wildman–Crippen MR) is 111 cm³/mol. The fourth-order valence-corrected chi connectivity index (χ4v) is 4.35. The van der Waals surface area contributed by atoms with Crippen molar-refractivity contribution in [3.8, 4) is 5.75 Å². The first-order valence-electron chi connectivity index (χ1n) is 9.54. The Labute approximate surface area is 179 Å². The number of rotatable bonds is 3. The van der Waals surface area contributed by atoms with Crippen molar-refractivity contribution < 1.29 is 14.7 Å². The minimum absolute atomic E-state index is 0.00709. The number of benzene rings is 1. The molecule has 2 amide bonds. The van der Waals surface area contributed by atoms with Crippen molar-refractivity contribution in [1.82, 2.24) is 14.7 Å². The zero-order chi connectivity index (χ0) is 20.3. The molecule has 0 spiro atoms. The van der Waals surface area contributed by atoms with Crippen molar-refractivity contribution in [3.05, 3.63) is 26.7 Å². The Hall–Kier alpha value is -1.21. The highest BCUT2D eigenvalue weighted by molar-refractivity contribution is 6.45. The molecule has 0 aliphatic carbocycles. The number of phenolic OH excluding ortho intramolecular Hbond substituents is 1. The molecule has 9 heteroatoms. The first-order valence-corrected chi connectivity index (χ1v) is 10.7. The third-order valence-electron chi connectivity index (χ3n) is 5.34. The lowest BCUT2D eigenvalue weighted by atomic mass is 10.1. The van der Waals surface area contributed by atoms with Crippen molar-refractivity contribution in [2.24, 2.45) is 0 Å². The Balaban J connectivity index is 1.58. The molecule has 28 heavy (non-hydrogen) atoms. The molecule has 0 radical (unpaired) electrons. The lowest BCUT2D eigenvalue weighted by Crippen LogP contribution is -2.51. The third-order valence-corrected chi connectivity index (χ3v) is 6.41. The van der Waals surface area contributed by atoms with Crippen LogP contribution in [0.1, 0.15) is 36.0 Å². The molecule has 2 aliphatic rings. The minimum atomic E-state index is -0.412. The van der Waals surface area contributed by atoms with E-state index in [0.29, 0.717) is 32.7 Å². The summed E-state index contributed by atoms with van der Waals surface area (Å²) in [5, 5.41) is 10.3. The Kier molecular flexibility index (Phi) is 7.31. The molecular formula is C19H24Cl3N3O3. The molecule has 2 heterocycles. The van der Waals surface area contributed by atoms with Gasteiger partial charge in [0, 0.05) is 39.3 Å². The molecule has 2 aliphatic heterocycles. The molecule has 0 saturated carbocycles. The monoisotopic (exact) mass is 447 g/mol. The molecule has 0 atom stereocenters. The van der Waals surface area contributed by atoms with Crippen LogP contribution in [-0.2, 0) is 4.79 Å². The summed E-state index contributed by atoms with van der Waals surface area (Å²) in [4.78, 5) is 31.0. The quantitative estimate of drug-likeness (QED) is 0.719. The highest BCUT2D eigenvalue weighted by Crippen LogP contribution is 2.39. The molecule has 1 N–H and O–H groups in total. The van der Waals surface area contributed by atoms with Gasteiger partial charge in [0.2, 0.25) is 5.91 Å². The van der Waals surface area contributed by atoms with E-state index in [2.05, 4.69) is 4.90 Å². The van der Waals surface area contributed by atoms with Gasteiger partial charge in [-0.25, -0.2) is 0 Å². The van der Waals surface area contributed by atoms with Crippen LogP contribution in [0.5, 0.6) is 5.75 Å². The van der Waals surface area contributed by atoms with Gasteiger partial charge >= 0.3 is 0 Å². The van der Waals surface area contributed by atoms with Gasteiger partial charge < -0.3 is 14.9 Å². The molecule has 154 valence electrons. The van der Waals surface area contributed by atoms with Crippen LogP contribution in [0.2, 0.25) is 15.1 Å². The van der Waals surface area contributed by atoms with Crippen LogP contribution < -0.4 is 0 Å². The largest absolute Gasteiger partial charge is 0.505 e. The van der Waals surface area contributed by atoms with Crippen LogP contribution in [-0.4, -0.2) is 77.4 Å². The summed E-state index contributed by atoms with van der Waals surface area (Å²) >= 11 is 18.0. The fraction of sp³-hybridized carbons (Fsp3) is 0.579. The Morgan fingerprint density at radius 3 is 2.07 bits per heavy atom. The average Bonchev–Trinajstić information content (AvgIpc) is 2.97. The minimum Gasteiger partial charge on any atom is -0.505 e.